The van der Waals surface area contributed by atoms with Crippen molar-refractivity contribution in [2.24, 2.45) is 5.73 Å². The number of thiophene rings is 1. The second-order valence-electron chi connectivity index (χ2n) is 5.75. The van der Waals surface area contributed by atoms with Crippen LogP contribution in [-0.2, 0) is 11.3 Å². The molecule has 2 aromatic rings. The van der Waals surface area contributed by atoms with E-state index in [4.69, 9.17) is 15.2 Å². The van der Waals surface area contributed by atoms with Crippen molar-refractivity contribution in [2.75, 3.05) is 25.7 Å². The van der Waals surface area contributed by atoms with Crippen LogP contribution in [0.3, 0.4) is 0 Å². The van der Waals surface area contributed by atoms with E-state index in [-0.39, 0.29) is 12.7 Å². The summed E-state index contributed by atoms with van der Waals surface area (Å²) in [6.07, 6.45) is 0.317. The smallest absolute Gasteiger partial charge is 0.251 e. The van der Waals surface area contributed by atoms with E-state index in [1.54, 1.807) is 11.4 Å². The molecule has 1 aliphatic rings. The third kappa shape index (κ3) is 4.28. The molecule has 0 fully saturated rings. The number of ether oxygens (including phenoxy) is 2. The number of nitrogens with two attached hydrogens (primary N) is 1. The molecular formula is C17H19N3O4S. The van der Waals surface area contributed by atoms with Crippen LogP contribution in [0.5, 0.6) is 11.5 Å². The normalized spacial score (nSPS) is 12.4. The van der Waals surface area contributed by atoms with Crippen molar-refractivity contribution in [1.82, 2.24) is 4.90 Å². The van der Waals surface area contributed by atoms with E-state index >= 15 is 0 Å². The van der Waals surface area contributed by atoms with Crippen LogP contribution in [0.25, 0.3) is 0 Å². The maximum atomic E-state index is 12.1. The highest BCUT2D eigenvalue weighted by Crippen LogP contribution is 2.32. The van der Waals surface area contributed by atoms with Gasteiger partial charge in [-0.25, -0.2) is 0 Å². The molecule has 0 spiro atoms. The summed E-state index contributed by atoms with van der Waals surface area (Å²) in [6.45, 7) is 1.53. The summed E-state index contributed by atoms with van der Waals surface area (Å²) in [5.41, 5.74) is 6.70. The van der Waals surface area contributed by atoms with Crippen LogP contribution in [-0.4, -0.2) is 37.1 Å². The minimum absolute atomic E-state index is 0.150. The highest BCUT2D eigenvalue weighted by Gasteiger charge is 2.15. The molecule has 0 saturated carbocycles. The fourth-order valence-electron chi connectivity index (χ4n) is 2.51. The van der Waals surface area contributed by atoms with Gasteiger partial charge >= 0.3 is 0 Å². The van der Waals surface area contributed by atoms with Crippen molar-refractivity contribution in [3.05, 3.63) is 40.8 Å². The number of hydrogen-bond donors (Lipinski definition) is 2. The van der Waals surface area contributed by atoms with Gasteiger partial charge in [0, 0.05) is 19.5 Å². The van der Waals surface area contributed by atoms with Crippen LogP contribution in [0, 0.1) is 0 Å². The third-order valence-electron chi connectivity index (χ3n) is 3.79. The summed E-state index contributed by atoms with van der Waals surface area (Å²) in [5.74, 6) is 0.811. The van der Waals surface area contributed by atoms with Gasteiger partial charge < -0.3 is 25.4 Å². The number of nitrogens with one attached hydrogen (secondary N) is 1. The monoisotopic (exact) mass is 361 g/mol. The lowest BCUT2D eigenvalue weighted by Crippen LogP contribution is -2.24. The van der Waals surface area contributed by atoms with E-state index in [9.17, 15) is 9.59 Å². The second-order valence-corrected chi connectivity index (χ2v) is 6.67. The molecule has 0 radical (unpaired) electrons. The molecule has 0 aliphatic carbocycles. The van der Waals surface area contributed by atoms with Crippen molar-refractivity contribution in [3.8, 4) is 11.5 Å². The first-order valence-electron chi connectivity index (χ1n) is 7.77. The molecule has 25 heavy (non-hydrogen) atoms. The molecule has 2 heterocycles. The summed E-state index contributed by atoms with van der Waals surface area (Å²) < 4.78 is 10.7. The highest BCUT2D eigenvalue weighted by atomic mass is 32.1. The Kier molecular flexibility index (Phi) is 5.20. The van der Waals surface area contributed by atoms with Gasteiger partial charge in [-0.3, -0.25) is 9.59 Å². The molecule has 8 heteroatoms. The van der Waals surface area contributed by atoms with Gasteiger partial charge in [0.1, 0.15) is 5.00 Å². The van der Waals surface area contributed by atoms with Gasteiger partial charge in [0.15, 0.2) is 11.5 Å². The number of benzene rings is 1. The Morgan fingerprint density at radius 1 is 1.28 bits per heavy atom. The minimum Gasteiger partial charge on any atom is -0.454 e. The molecule has 0 atom stereocenters. The average Bonchev–Trinajstić information content (AvgIpc) is 3.21. The number of anilines is 1. The Labute approximate surface area is 149 Å². The average molecular weight is 361 g/mol. The summed E-state index contributed by atoms with van der Waals surface area (Å²) in [6, 6.07) is 7.42. The van der Waals surface area contributed by atoms with Crippen molar-refractivity contribution >= 4 is 28.2 Å². The molecule has 3 N–H and O–H groups in total. The first-order valence-corrected chi connectivity index (χ1v) is 8.65. The first-order chi connectivity index (χ1) is 12.0. The zero-order valence-electron chi connectivity index (χ0n) is 13.8. The molecule has 132 valence electrons. The van der Waals surface area contributed by atoms with Crippen molar-refractivity contribution in [1.29, 1.82) is 0 Å². The lowest BCUT2D eigenvalue weighted by atomic mass is 10.2. The molecule has 0 saturated heterocycles. The van der Waals surface area contributed by atoms with Gasteiger partial charge in [-0.2, -0.15) is 0 Å². The molecule has 1 aromatic heterocycles. The van der Waals surface area contributed by atoms with E-state index in [0.717, 1.165) is 17.1 Å². The van der Waals surface area contributed by atoms with Crippen LogP contribution in [0.1, 0.15) is 22.3 Å². The van der Waals surface area contributed by atoms with Crippen LogP contribution >= 0.6 is 11.3 Å². The molecule has 1 aromatic carbocycles. The van der Waals surface area contributed by atoms with Crippen LogP contribution in [0.4, 0.5) is 5.00 Å². The first kappa shape index (κ1) is 17.2. The number of amides is 2. The number of hydrogen-bond acceptors (Lipinski definition) is 6. The van der Waals surface area contributed by atoms with Gasteiger partial charge in [-0.1, -0.05) is 6.07 Å². The van der Waals surface area contributed by atoms with E-state index in [1.165, 1.54) is 11.3 Å². The summed E-state index contributed by atoms with van der Waals surface area (Å²) in [5, 5.41) is 4.96. The predicted octanol–water partition coefficient (Wildman–Crippen LogP) is 2.04. The lowest BCUT2D eigenvalue weighted by molar-refractivity contribution is -0.116. The fourth-order valence-corrected chi connectivity index (χ4v) is 3.32. The van der Waals surface area contributed by atoms with E-state index < -0.39 is 5.91 Å². The quantitative estimate of drug-likeness (QED) is 0.787. The van der Waals surface area contributed by atoms with E-state index in [2.05, 4.69) is 5.32 Å². The Bertz CT molecular complexity index is 790. The largest absolute Gasteiger partial charge is 0.454 e. The zero-order valence-corrected chi connectivity index (χ0v) is 14.6. The second kappa shape index (κ2) is 7.54. The Hall–Kier alpha value is -2.58. The zero-order chi connectivity index (χ0) is 17.8. The lowest BCUT2D eigenvalue weighted by Gasteiger charge is -2.16. The van der Waals surface area contributed by atoms with Crippen LogP contribution < -0.4 is 20.5 Å². The number of carbonyl (C=O) groups is 2. The number of rotatable bonds is 7. The van der Waals surface area contributed by atoms with E-state index in [0.29, 0.717) is 30.1 Å². The summed E-state index contributed by atoms with van der Waals surface area (Å²) in [4.78, 5) is 25.4. The van der Waals surface area contributed by atoms with Gasteiger partial charge in [-0.05, 0) is 36.2 Å². The standard InChI is InChI=1S/C17H19N3O4S/c1-20(9-11-2-3-13-14(8-11)24-10-23-13)6-4-15(21)19-17-12(16(18)22)5-7-25-17/h2-3,5,7-8H,4,6,9-10H2,1H3,(H2,18,22)(H,19,21). The number of primary amides is 1. The SMILES string of the molecule is CN(CCC(=O)Nc1sccc1C(N)=O)Cc1ccc2c(c1)OCO2. The van der Waals surface area contributed by atoms with Crippen molar-refractivity contribution in [2.45, 2.75) is 13.0 Å². The number of carbonyl (C=O) groups excluding carboxylic acids is 2. The van der Waals surface area contributed by atoms with Crippen molar-refractivity contribution in [3.63, 3.8) is 0 Å². The molecule has 0 bridgehead atoms. The Morgan fingerprint density at radius 3 is 2.88 bits per heavy atom. The van der Waals surface area contributed by atoms with Crippen LogP contribution in [0.15, 0.2) is 29.6 Å². The van der Waals surface area contributed by atoms with Gasteiger partial charge in [0.05, 0.1) is 5.56 Å². The van der Waals surface area contributed by atoms with Gasteiger partial charge in [0.25, 0.3) is 5.91 Å². The maximum absolute atomic E-state index is 12.1. The van der Waals surface area contributed by atoms with Crippen molar-refractivity contribution < 1.29 is 19.1 Å². The van der Waals surface area contributed by atoms with Gasteiger partial charge in [-0.15, -0.1) is 11.3 Å². The van der Waals surface area contributed by atoms with Crippen LogP contribution in [0.2, 0.25) is 0 Å². The van der Waals surface area contributed by atoms with E-state index in [1.807, 2.05) is 30.1 Å². The molecule has 7 nitrogen and oxygen atoms in total. The molecule has 1 aliphatic heterocycles. The van der Waals surface area contributed by atoms with Gasteiger partial charge in [0.2, 0.25) is 12.7 Å². The number of fused-ring (bicyclic) bond motifs is 1. The fraction of sp³-hybridized carbons (Fsp3) is 0.294. The summed E-state index contributed by atoms with van der Waals surface area (Å²) in [7, 11) is 1.94. The molecule has 2 amide bonds. The molecule has 3 rings (SSSR count). The predicted molar refractivity (Wildman–Crippen MR) is 95.0 cm³/mol. The highest BCUT2D eigenvalue weighted by molar-refractivity contribution is 7.14. The Balaban J connectivity index is 1.48. The molecule has 0 unspecified atom stereocenters. The summed E-state index contributed by atoms with van der Waals surface area (Å²) >= 11 is 1.28. The Morgan fingerprint density at radius 2 is 2.08 bits per heavy atom. The number of nitrogens with zero attached hydrogens (tertiary/aromatic N) is 1. The maximum Gasteiger partial charge on any atom is 0.251 e. The topological polar surface area (TPSA) is 93.9 Å². The third-order valence-corrected chi connectivity index (χ3v) is 4.62. The molecular weight excluding hydrogens is 342 g/mol. The minimum atomic E-state index is -0.545.